The molecule has 0 saturated heterocycles. The van der Waals surface area contributed by atoms with Crippen molar-refractivity contribution in [2.24, 2.45) is 0 Å². The van der Waals surface area contributed by atoms with Crippen LogP contribution in [0.3, 0.4) is 0 Å². The molecule has 0 aliphatic heterocycles. The van der Waals surface area contributed by atoms with Crippen LogP contribution in [0.5, 0.6) is 5.75 Å². The van der Waals surface area contributed by atoms with E-state index in [1.165, 1.54) is 24.3 Å². The Kier molecular flexibility index (Phi) is 5.34. The number of hydrogen-bond acceptors (Lipinski definition) is 5. The molecule has 0 aliphatic carbocycles. The van der Waals surface area contributed by atoms with E-state index in [4.69, 9.17) is 18.7 Å². The van der Waals surface area contributed by atoms with E-state index < -0.39 is 13.8 Å². The van der Waals surface area contributed by atoms with E-state index in [-0.39, 0.29) is 24.5 Å². The third kappa shape index (κ3) is 4.14. The number of carboxylic acids is 1. The molecular weight excluding hydrogens is 259 g/mol. The fourth-order valence-corrected chi connectivity index (χ4v) is 2.41. The van der Waals surface area contributed by atoms with E-state index in [0.717, 1.165) is 0 Å². The highest BCUT2D eigenvalue weighted by Gasteiger charge is 2.27. The van der Waals surface area contributed by atoms with Gasteiger partial charge in [-0.15, -0.1) is 0 Å². The zero-order valence-electron chi connectivity index (χ0n) is 10.2. The van der Waals surface area contributed by atoms with Gasteiger partial charge in [0.15, 0.2) is 0 Å². The Morgan fingerprint density at radius 3 is 2.39 bits per heavy atom. The van der Waals surface area contributed by atoms with Gasteiger partial charge >= 0.3 is 13.8 Å². The van der Waals surface area contributed by atoms with Gasteiger partial charge in [-0.2, -0.15) is 0 Å². The molecule has 0 spiro atoms. The fraction of sp³-hybridized carbons (Fsp3) is 0.364. The molecule has 0 fully saturated rings. The van der Waals surface area contributed by atoms with Crippen molar-refractivity contribution < 1.29 is 28.0 Å². The molecule has 1 aromatic rings. The summed E-state index contributed by atoms with van der Waals surface area (Å²) >= 11 is 0. The van der Waals surface area contributed by atoms with Crippen molar-refractivity contribution in [1.29, 1.82) is 0 Å². The Morgan fingerprint density at radius 1 is 1.28 bits per heavy atom. The van der Waals surface area contributed by atoms with Gasteiger partial charge in [-0.25, -0.2) is 9.36 Å². The SMILES string of the molecule is CCOP(=O)(OCC)Oc1cccc(C(=O)O)c1. The van der Waals surface area contributed by atoms with Gasteiger partial charge in [0.2, 0.25) is 0 Å². The second kappa shape index (κ2) is 6.54. The lowest BCUT2D eigenvalue weighted by Gasteiger charge is -2.17. The summed E-state index contributed by atoms with van der Waals surface area (Å²) in [6.07, 6.45) is 0. The van der Waals surface area contributed by atoms with Crippen LogP contribution in [0.2, 0.25) is 0 Å². The maximum Gasteiger partial charge on any atom is 0.530 e. The third-order valence-corrected chi connectivity index (χ3v) is 3.46. The van der Waals surface area contributed by atoms with Crippen molar-refractivity contribution >= 4 is 13.8 Å². The lowest BCUT2D eigenvalue weighted by atomic mass is 10.2. The first-order valence-corrected chi connectivity index (χ1v) is 6.89. The highest BCUT2D eigenvalue weighted by Crippen LogP contribution is 2.49. The molecule has 0 radical (unpaired) electrons. The molecule has 0 aromatic heterocycles. The van der Waals surface area contributed by atoms with Gasteiger partial charge < -0.3 is 9.63 Å². The summed E-state index contributed by atoms with van der Waals surface area (Å²) in [5.41, 5.74) is 0.0343. The zero-order chi connectivity index (χ0) is 13.6. The first kappa shape index (κ1) is 14.7. The molecule has 100 valence electrons. The molecule has 7 heteroatoms. The average Bonchev–Trinajstić information content (AvgIpc) is 2.29. The van der Waals surface area contributed by atoms with Gasteiger partial charge in [0.05, 0.1) is 18.8 Å². The number of rotatable bonds is 7. The van der Waals surface area contributed by atoms with Crippen LogP contribution in [-0.2, 0) is 13.6 Å². The van der Waals surface area contributed by atoms with Crippen LogP contribution in [-0.4, -0.2) is 24.3 Å². The minimum atomic E-state index is -3.68. The molecule has 0 saturated carbocycles. The predicted octanol–water partition coefficient (Wildman–Crippen LogP) is 2.94. The number of carbonyl (C=O) groups is 1. The van der Waals surface area contributed by atoms with Crippen LogP contribution < -0.4 is 4.52 Å². The smallest absolute Gasteiger partial charge is 0.478 e. The number of phosphoric ester groups is 1. The minimum absolute atomic E-state index is 0.0343. The van der Waals surface area contributed by atoms with Crippen molar-refractivity contribution in [2.45, 2.75) is 13.8 Å². The van der Waals surface area contributed by atoms with Crippen molar-refractivity contribution in [2.75, 3.05) is 13.2 Å². The molecule has 0 atom stereocenters. The normalized spacial score (nSPS) is 11.2. The molecule has 1 rings (SSSR count). The summed E-state index contributed by atoms with van der Waals surface area (Å²) in [7, 11) is -3.68. The van der Waals surface area contributed by atoms with Gasteiger partial charge in [0.1, 0.15) is 5.75 Å². The van der Waals surface area contributed by atoms with Gasteiger partial charge in [0.25, 0.3) is 0 Å². The monoisotopic (exact) mass is 274 g/mol. The van der Waals surface area contributed by atoms with E-state index in [1.54, 1.807) is 13.8 Å². The van der Waals surface area contributed by atoms with E-state index in [1.807, 2.05) is 0 Å². The van der Waals surface area contributed by atoms with Crippen LogP contribution in [0, 0.1) is 0 Å². The molecule has 1 aromatic carbocycles. The summed E-state index contributed by atoms with van der Waals surface area (Å²) in [6.45, 7) is 3.64. The van der Waals surface area contributed by atoms with Crippen molar-refractivity contribution in [1.82, 2.24) is 0 Å². The van der Waals surface area contributed by atoms with E-state index >= 15 is 0 Å². The number of aromatic carboxylic acids is 1. The van der Waals surface area contributed by atoms with Crippen LogP contribution in [0.4, 0.5) is 0 Å². The van der Waals surface area contributed by atoms with Gasteiger partial charge in [-0.3, -0.25) is 9.05 Å². The quantitative estimate of drug-likeness (QED) is 0.770. The van der Waals surface area contributed by atoms with Gasteiger partial charge in [-0.05, 0) is 32.0 Å². The first-order valence-electron chi connectivity index (χ1n) is 5.43. The second-order valence-electron chi connectivity index (χ2n) is 3.21. The number of benzene rings is 1. The molecule has 0 heterocycles. The van der Waals surface area contributed by atoms with Gasteiger partial charge in [0, 0.05) is 0 Å². The minimum Gasteiger partial charge on any atom is -0.478 e. The average molecular weight is 274 g/mol. The van der Waals surface area contributed by atoms with Crippen molar-refractivity contribution in [3.05, 3.63) is 29.8 Å². The molecule has 0 amide bonds. The van der Waals surface area contributed by atoms with E-state index in [0.29, 0.717) is 0 Å². The number of carboxylic acid groups (broad SMARTS) is 1. The van der Waals surface area contributed by atoms with E-state index in [2.05, 4.69) is 0 Å². The highest BCUT2D eigenvalue weighted by atomic mass is 31.2. The fourth-order valence-electron chi connectivity index (χ4n) is 1.22. The molecule has 0 bridgehead atoms. The Hall–Kier alpha value is -1.36. The Bertz CT molecular complexity index is 449. The van der Waals surface area contributed by atoms with Crippen molar-refractivity contribution in [3.63, 3.8) is 0 Å². The molecule has 6 nitrogen and oxygen atoms in total. The summed E-state index contributed by atoms with van der Waals surface area (Å²) in [4.78, 5) is 10.8. The maximum atomic E-state index is 12.0. The Labute approximate surface area is 105 Å². The lowest BCUT2D eigenvalue weighted by Crippen LogP contribution is -2.03. The highest BCUT2D eigenvalue weighted by molar-refractivity contribution is 7.48. The second-order valence-corrected chi connectivity index (χ2v) is 4.80. The molecular formula is C11H15O6P. The van der Waals surface area contributed by atoms with Gasteiger partial charge in [-0.1, -0.05) is 6.07 Å². The summed E-state index contributed by atoms with van der Waals surface area (Å²) < 4.78 is 27.0. The summed E-state index contributed by atoms with van der Waals surface area (Å²) in [5, 5.41) is 8.83. The molecule has 18 heavy (non-hydrogen) atoms. The van der Waals surface area contributed by atoms with Crippen LogP contribution >= 0.6 is 7.82 Å². The molecule has 1 N–H and O–H groups in total. The lowest BCUT2D eigenvalue weighted by molar-refractivity contribution is 0.0696. The maximum absolute atomic E-state index is 12.0. The predicted molar refractivity (Wildman–Crippen MR) is 64.9 cm³/mol. The van der Waals surface area contributed by atoms with Crippen molar-refractivity contribution in [3.8, 4) is 5.75 Å². The molecule has 0 unspecified atom stereocenters. The first-order chi connectivity index (χ1) is 8.50. The topological polar surface area (TPSA) is 82.1 Å². The molecule has 0 aliphatic rings. The number of phosphoric acid groups is 1. The van der Waals surface area contributed by atoms with Crippen LogP contribution in [0.25, 0.3) is 0 Å². The summed E-state index contributed by atoms with van der Waals surface area (Å²) in [5.74, 6) is -0.969. The van der Waals surface area contributed by atoms with Crippen LogP contribution in [0.15, 0.2) is 24.3 Å². The summed E-state index contributed by atoms with van der Waals surface area (Å²) in [6, 6.07) is 5.63. The standard InChI is InChI=1S/C11H15O6P/c1-3-15-18(14,16-4-2)17-10-7-5-6-9(8-10)11(12)13/h5-8H,3-4H2,1-2H3,(H,12,13). The van der Waals surface area contributed by atoms with Crippen LogP contribution in [0.1, 0.15) is 24.2 Å². The Balaban J connectivity index is 2.90. The van der Waals surface area contributed by atoms with E-state index in [9.17, 15) is 9.36 Å². The third-order valence-electron chi connectivity index (χ3n) is 1.87. The number of hydrogen-bond donors (Lipinski definition) is 1. The largest absolute Gasteiger partial charge is 0.530 e. The zero-order valence-corrected chi connectivity index (χ0v) is 11.1. The Morgan fingerprint density at radius 2 is 1.89 bits per heavy atom.